The number of nitrogens with zero attached hydrogens (tertiary/aromatic N) is 1. The Balaban J connectivity index is 2.66. The summed E-state index contributed by atoms with van der Waals surface area (Å²) in [6.45, 7) is 4.08. The largest absolute Gasteiger partial charge is 0.481 e. The van der Waals surface area contributed by atoms with Gasteiger partial charge in [0.1, 0.15) is 0 Å². The molecule has 0 aliphatic heterocycles. The number of carboxylic acids is 1. The lowest BCUT2D eigenvalue weighted by atomic mass is 10.2. The third kappa shape index (κ3) is 4.59. The zero-order valence-corrected chi connectivity index (χ0v) is 10.6. The van der Waals surface area contributed by atoms with Crippen molar-refractivity contribution in [2.24, 2.45) is 0 Å². The lowest BCUT2D eigenvalue weighted by molar-refractivity contribution is -0.138. The summed E-state index contributed by atoms with van der Waals surface area (Å²) in [5.74, 6) is -0.892. The van der Waals surface area contributed by atoms with Gasteiger partial charge < -0.3 is 10.0 Å². The second kappa shape index (κ2) is 6.42. The molecule has 1 fully saturated rings. The number of amides is 1. The van der Waals surface area contributed by atoms with Crippen LogP contribution in [0.1, 0.15) is 46.0 Å². The van der Waals surface area contributed by atoms with E-state index in [1.807, 2.05) is 13.8 Å². The van der Waals surface area contributed by atoms with Crippen molar-refractivity contribution >= 4 is 11.9 Å². The maximum absolute atomic E-state index is 12.0. The molecule has 0 aromatic heterocycles. The summed E-state index contributed by atoms with van der Waals surface area (Å²) < 4.78 is 0. The van der Waals surface area contributed by atoms with E-state index in [0.717, 1.165) is 31.3 Å². The van der Waals surface area contributed by atoms with E-state index < -0.39 is 5.97 Å². The van der Waals surface area contributed by atoms with Crippen LogP contribution >= 0.6 is 0 Å². The molecular weight excluding hydrogens is 218 g/mol. The predicted molar refractivity (Wildman–Crippen MR) is 65.7 cm³/mol. The lowest BCUT2D eigenvalue weighted by Crippen LogP contribution is -2.39. The molecule has 4 nitrogen and oxygen atoms in total. The molecule has 1 aliphatic carbocycles. The molecule has 0 atom stereocenters. The molecule has 0 unspecified atom stereocenters. The van der Waals surface area contributed by atoms with Gasteiger partial charge in [-0.25, -0.2) is 0 Å². The second-order valence-electron chi connectivity index (χ2n) is 4.84. The third-order valence-corrected chi connectivity index (χ3v) is 3.03. The fourth-order valence-electron chi connectivity index (χ4n) is 2.23. The molecule has 0 heterocycles. The lowest BCUT2D eigenvalue weighted by Gasteiger charge is -2.27. The SMILES string of the molecule is CC(C)=CC(=O)N(CCC(=O)O)C1CCCC1. The molecule has 4 heteroatoms. The highest BCUT2D eigenvalue weighted by molar-refractivity contribution is 5.88. The van der Waals surface area contributed by atoms with Crippen LogP contribution in [0.5, 0.6) is 0 Å². The molecule has 0 aromatic rings. The van der Waals surface area contributed by atoms with E-state index >= 15 is 0 Å². The second-order valence-corrected chi connectivity index (χ2v) is 4.84. The maximum Gasteiger partial charge on any atom is 0.305 e. The molecule has 0 spiro atoms. The van der Waals surface area contributed by atoms with Gasteiger partial charge in [-0.15, -0.1) is 0 Å². The van der Waals surface area contributed by atoms with Crippen LogP contribution in [-0.2, 0) is 9.59 Å². The van der Waals surface area contributed by atoms with Gasteiger partial charge in [-0.2, -0.15) is 0 Å². The number of rotatable bonds is 5. The van der Waals surface area contributed by atoms with Crippen molar-refractivity contribution in [3.63, 3.8) is 0 Å². The molecule has 1 N–H and O–H groups in total. The first kappa shape index (κ1) is 13.7. The van der Waals surface area contributed by atoms with Crippen molar-refractivity contribution in [2.75, 3.05) is 6.54 Å². The minimum Gasteiger partial charge on any atom is -0.481 e. The van der Waals surface area contributed by atoms with Crippen LogP contribution in [0, 0.1) is 0 Å². The number of hydrogen-bond donors (Lipinski definition) is 1. The van der Waals surface area contributed by atoms with Crippen LogP contribution in [0.2, 0.25) is 0 Å². The number of aliphatic carboxylic acids is 1. The van der Waals surface area contributed by atoms with Gasteiger partial charge >= 0.3 is 5.97 Å². The highest BCUT2D eigenvalue weighted by Crippen LogP contribution is 2.24. The van der Waals surface area contributed by atoms with Gasteiger partial charge in [-0.3, -0.25) is 9.59 Å². The summed E-state index contributed by atoms with van der Waals surface area (Å²) in [5.41, 5.74) is 0.952. The minimum absolute atomic E-state index is 0.0266. The van der Waals surface area contributed by atoms with E-state index in [1.165, 1.54) is 0 Å². The standard InChI is InChI=1S/C13H21NO3/c1-10(2)9-12(15)14(8-7-13(16)17)11-5-3-4-6-11/h9,11H,3-8H2,1-2H3,(H,16,17). The van der Waals surface area contributed by atoms with Gasteiger partial charge in [0.15, 0.2) is 0 Å². The topological polar surface area (TPSA) is 57.6 Å². The fraction of sp³-hybridized carbons (Fsp3) is 0.692. The van der Waals surface area contributed by atoms with Gasteiger partial charge in [0.05, 0.1) is 6.42 Å². The van der Waals surface area contributed by atoms with Crippen LogP contribution in [0.25, 0.3) is 0 Å². The quantitative estimate of drug-likeness (QED) is 0.748. The average molecular weight is 239 g/mol. The molecular formula is C13H21NO3. The summed E-state index contributed by atoms with van der Waals surface area (Å²) in [6.07, 6.45) is 5.90. The molecule has 1 aliphatic rings. The molecule has 1 amide bonds. The summed E-state index contributed by atoms with van der Waals surface area (Å²) in [4.78, 5) is 24.4. The normalized spacial score (nSPS) is 15.6. The highest BCUT2D eigenvalue weighted by Gasteiger charge is 2.25. The van der Waals surface area contributed by atoms with Gasteiger partial charge in [-0.05, 0) is 26.7 Å². The Morgan fingerprint density at radius 2 is 1.88 bits per heavy atom. The monoisotopic (exact) mass is 239 g/mol. The Bertz CT molecular complexity index is 313. The van der Waals surface area contributed by atoms with Gasteiger partial charge in [0.25, 0.3) is 0 Å². The first-order valence-electron chi connectivity index (χ1n) is 6.18. The Labute approximate surface area is 102 Å². The maximum atomic E-state index is 12.0. The van der Waals surface area contributed by atoms with Crippen molar-refractivity contribution in [3.8, 4) is 0 Å². The van der Waals surface area contributed by atoms with Crippen LogP contribution < -0.4 is 0 Å². The van der Waals surface area contributed by atoms with Crippen molar-refractivity contribution in [3.05, 3.63) is 11.6 Å². The van der Waals surface area contributed by atoms with Gasteiger partial charge in [0, 0.05) is 18.7 Å². The molecule has 1 saturated carbocycles. The van der Waals surface area contributed by atoms with E-state index in [2.05, 4.69) is 0 Å². The van der Waals surface area contributed by atoms with Crippen molar-refractivity contribution < 1.29 is 14.7 Å². The van der Waals surface area contributed by atoms with E-state index in [0.29, 0.717) is 6.54 Å². The number of allylic oxidation sites excluding steroid dienone is 1. The summed E-state index contributed by atoms with van der Waals surface area (Å²) in [7, 11) is 0. The van der Waals surface area contributed by atoms with E-state index in [4.69, 9.17) is 5.11 Å². The molecule has 0 bridgehead atoms. The smallest absolute Gasteiger partial charge is 0.305 e. The third-order valence-electron chi connectivity index (χ3n) is 3.03. The van der Waals surface area contributed by atoms with Crippen LogP contribution in [0.15, 0.2) is 11.6 Å². The summed E-state index contributed by atoms with van der Waals surface area (Å²) >= 11 is 0. The van der Waals surface area contributed by atoms with Crippen LogP contribution in [-0.4, -0.2) is 34.5 Å². The van der Waals surface area contributed by atoms with Crippen molar-refractivity contribution in [1.82, 2.24) is 4.90 Å². The molecule has 1 rings (SSSR count). The van der Waals surface area contributed by atoms with Crippen LogP contribution in [0.3, 0.4) is 0 Å². The fourth-order valence-corrected chi connectivity index (χ4v) is 2.23. The molecule has 0 radical (unpaired) electrons. The molecule has 17 heavy (non-hydrogen) atoms. The Hall–Kier alpha value is -1.32. The number of carboxylic acid groups (broad SMARTS) is 1. The van der Waals surface area contributed by atoms with Crippen LogP contribution in [0.4, 0.5) is 0 Å². The Kier molecular flexibility index (Phi) is 5.19. The van der Waals surface area contributed by atoms with E-state index in [-0.39, 0.29) is 18.4 Å². The number of carbonyl (C=O) groups excluding carboxylic acids is 1. The number of hydrogen-bond acceptors (Lipinski definition) is 2. The van der Waals surface area contributed by atoms with Crippen molar-refractivity contribution in [1.29, 1.82) is 0 Å². The van der Waals surface area contributed by atoms with Gasteiger partial charge in [-0.1, -0.05) is 18.4 Å². The first-order valence-corrected chi connectivity index (χ1v) is 6.18. The zero-order valence-electron chi connectivity index (χ0n) is 10.6. The Morgan fingerprint density at radius 1 is 1.29 bits per heavy atom. The first-order chi connectivity index (χ1) is 8.00. The molecule has 96 valence electrons. The predicted octanol–water partition coefficient (Wildman–Crippen LogP) is 2.20. The number of carbonyl (C=O) groups is 2. The summed E-state index contributed by atoms with van der Waals surface area (Å²) in [5, 5.41) is 8.72. The zero-order chi connectivity index (χ0) is 12.8. The van der Waals surface area contributed by atoms with E-state index in [1.54, 1.807) is 11.0 Å². The minimum atomic E-state index is -0.849. The molecule has 0 aromatic carbocycles. The highest BCUT2D eigenvalue weighted by atomic mass is 16.4. The molecule has 0 saturated heterocycles. The Morgan fingerprint density at radius 3 is 2.35 bits per heavy atom. The van der Waals surface area contributed by atoms with Gasteiger partial charge in [0.2, 0.25) is 5.91 Å². The van der Waals surface area contributed by atoms with Crippen molar-refractivity contribution in [2.45, 2.75) is 52.0 Å². The average Bonchev–Trinajstić information content (AvgIpc) is 2.69. The summed E-state index contributed by atoms with van der Waals surface area (Å²) in [6, 6.07) is 0.234. The van der Waals surface area contributed by atoms with E-state index in [9.17, 15) is 9.59 Å².